The lowest BCUT2D eigenvalue weighted by molar-refractivity contribution is 0.0685. The average molecular weight is 312 g/mol. The molecule has 0 amide bonds. The predicted octanol–water partition coefficient (Wildman–Crippen LogP) is 3.12. The van der Waals surface area contributed by atoms with E-state index >= 15 is 0 Å². The Morgan fingerprint density at radius 1 is 1.44 bits per heavy atom. The van der Waals surface area contributed by atoms with E-state index in [1.54, 1.807) is 0 Å². The number of hydrogen-bond acceptors (Lipinski definition) is 3. The Bertz CT molecular complexity index is 416. The molecule has 0 aromatic heterocycles. The standard InChI is InChI=1S/C14H18BrNO2/c1-16(9-11-4-6-18-7-5-11)13-3-2-12(10-17)14(15)8-13/h2-3,8,10-11H,4-7,9H2,1H3. The maximum absolute atomic E-state index is 10.8. The van der Waals surface area contributed by atoms with Gasteiger partial charge in [0.2, 0.25) is 0 Å². The van der Waals surface area contributed by atoms with Gasteiger partial charge in [0.05, 0.1) is 0 Å². The molecule has 3 nitrogen and oxygen atoms in total. The third kappa shape index (κ3) is 3.33. The second-order valence-electron chi connectivity index (χ2n) is 4.76. The number of carbonyl (C=O) groups excluding carboxylic acids is 1. The van der Waals surface area contributed by atoms with Crippen LogP contribution in [-0.4, -0.2) is 33.1 Å². The van der Waals surface area contributed by atoms with Crippen LogP contribution in [0.25, 0.3) is 0 Å². The smallest absolute Gasteiger partial charge is 0.151 e. The Labute approximate surface area is 116 Å². The molecular weight excluding hydrogens is 294 g/mol. The van der Waals surface area contributed by atoms with Crippen LogP contribution in [0.15, 0.2) is 22.7 Å². The molecule has 18 heavy (non-hydrogen) atoms. The van der Waals surface area contributed by atoms with Crippen LogP contribution in [-0.2, 0) is 4.74 Å². The SMILES string of the molecule is CN(CC1CCOCC1)c1ccc(C=O)c(Br)c1. The summed E-state index contributed by atoms with van der Waals surface area (Å²) in [7, 11) is 2.10. The molecule has 1 fully saturated rings. The van der Waals surface area contributed by atoms with Gasteiger partial charge in [0.15, 0.2) is 6.29 Å². The van der Waals surface area contributed by atoms with Gasteiger partial charge in [0.1, 0.15) is 0 Å². The molecule has 1 aromatic carbocycles. The van der Waals surface area contributed by atoms with Crippen molar-refractivity contribution in [3.63, 3.8) is 0 Å². The molecule has 0 aliphatic carbocycles. The van der Waals surface area contributed by atoms with E-state index in [1.165, 1.54) is 0 Å². The first-order valence-electron chi connectivity index (χ1n) is 6.24. The van der Waals surface area contributed by atoms with E-state index in [4.69, 9.17) is 4.74 Å². The number of halogens is 1. The van der Waals surface area contributed by atoms with Crippen LogP contribution in [0.1, 0.15) is 23.2 Å². The molecule has 0 bridgehead atoms. The van der Waals surface area contributed by atoms with Gasteiger partial charge in [-0.25, -0.2) is 0 Å². The molecule has 2 rings (SSSR count). The van der Waals surface area contributed by atoms with Crippen molar-refractivity contribution in [2.75, 3.05) is 31.7 Å². The zero-order valence-corrected chi connectivity index (χ0v) is 12.1. The van der Waals surface area contributed by atoms with Crippen molar-refractivity contribution in [3.05, 3.63) is 28.2 Å². The summed E-state index contributed by atoms with van der Waals surface area (Å²) in [6.07, 6.45) is 3.14. The van der Waals surface area contributed by atoms with Crippen molar-refractivity contribution >= 4 is 27.9 Å². The van der Waals surface area contributed by atoms with Crippen LogP contribution in [0.5, 0.6) is 0 Å². The van der Waals surface area contributed by atoms with E-state index in [0.29, 0.717) is 11.5 Å². The van der Waals surface area contributed by atoms with Crippen LogP contribution in [0.3, 0.4) is 0 Å². The molecule has 1 aliphatic rings. The van der Waals surface area contributed by atoms with Crippen LogP contribution in [0.4, 0.5) is 5.69 Å². The topological polar surface area (TPSA) is 29.5 Å². The van der Waals surface area contributed by atoms with E-state index < -0.39 is 0 Å². The Kier molecular flexibility index (Phi) is 4.78. The van der Waals surface area contributed by atoms with Gasteiger partial charge >= 0.3 is 0 Å². The van der Waals surface area contributed by atoms with Gasteiger partial charge in [-0.05, 0) is 52.9 Å². The van der Waals surface area contributed by atoms with E-state index in [0.717, 1.165) is 49.0 Å². The van der Waals surface area contributed by atoms with Crippen molar-refractivity contribution in [2.45, 2.75) is 12.8 Å². The maximum atomic E-state index is 10.8. The first-order chi connectivity index (χ1) is 8.70. The van der Waals surface area contributed by atoms with Crippen molar-refractivity contribution in [1.29, 1.82) is 0 Å². The second-order valence-corrected chi connectivity index (χ2v) is 5.61. The molecule has 1 saturated heterocycles. The Morgan fingerprint density at radius 2 is 2.17 bits per heavy atom. The largest absolute Gasteiger partial charge is 0.381 e. The predicted molar refractivity (Wildman–Crippen MR) is 76.3 cm³/mol. The summed E-state index contributed by atoms with van der Waals surface area (Å²) in [6.45, 7) is 2.80. The van der Waals surface area contributed by atoms with Crippen molar-refractivity contribution in [2.24, 2.45) is 5.92 Å². The highest BCUT2D eigenvalue weighted by Gasteiger charge is 2.16. The summed E-state index contributed by atoms with van der Waals surface area (Å²) >= 11 is 3.42. The molecular formula is C14H18BrNO2. The number of nitrogens with zero attached hydrogens (tertiary/aromatic N) is 1. The van der Waals surface area contributed by atoms with Gasteiger partial charge in [-0.2, -0.15) is 0 Å². The lowest BCUT2D eigenvalue weighted by atomic mass is 9.99. The van der Waals surface area contributed by atoms with Crippen molar-refractivity contribution < 1.29 is 9.53 Å². The minimum atomic E-state index is 0.693. The minimum Gasteiger partial charge on any atom is -0.381 e. The summed E-state index contributed by atoms with van der Waals surface area (Å²) in [4.78, 5) is 13.0. The summed E-state index contributed by atoms with van der Waals surface area (Å²) in [5, 5.41) is 0. The lowest BCUT2D eigenvalue weighted by Gasteiger charge is -2.28. The number of rotatable bonds is 4. The number of hydrogen-bond donors (Lipinski definition) is 0. The van der Waals surface area contributed by atoms with Gasteiger partial charge in [0, 0.05) is 42.5 Å². The number of benzene rings is 1. The monoisotopic (exact) mass is 311 g/mol. The zero-order valence-electron chi connectivity index (χ0n) is 10.6. The zero-order chi connectivity index (χ0) is 13.0. The Balaban J connectivity index is 2.01. The normalized spacial score (nSPS) is 16.6. The van der Waals surface area contributed by atoms with Gasteiger partial charge < -0.3 is 9.64 Å². The molecule has 0 spiro atoms. The summed E-state index contributed by atoms with van der Waals surface area (Å²) < 4.78 is 6.23. The molecule has 98 valence electrons. The van der Waals surface area contributed by atoms with Crippen LogP contribution >= 0.6 is 15.9 Å². The lowest BCUT2D eigenvalue weighted by Crippen LogP contribution is -2.29. The molecule has 0 radical (unpaired) electrons. The van der Waals surface area contributed by atoms with E-state index in [9.17, 15) is 4.79 Å². The quantitative estimate of drug-likeness (QED) is 0.800. The number of anilines is 1. The highest BCUT2D eigenvalue weighted by molar-refractivity contribution is 9.10. The Hall–Kier alpha value is -0.870. The molecule has 0 atom stereocenters. The third-order valence-electron chi connectivity index (χ3n) is 3.42. The average Bonchev–Trinajstić information content (AvgIpc) is 2.39. The fraction of sp³-hybridized carbons (Fsp3) is 0.500. The van der Waals surface area contributed by atoms with Gasteiger partial charge in [-0.1, -0.05) is 0 Å². The van der Waals surface area contributed by atoms with E-state index in [-0.39, 0.29) is 0 Å². The van der Waals surface area contributed by atoms with Gasteiger partial charge in [-0.15, -0.1) is 0 Å². The summed E-state index contributed by atoms with van der Waals surface area (Å²) in [5.41, 5.74) is 1.83. The number of ether oxygens (including phenoxy) is 1. The fourth-order valence-electron chi connectivity index (χ4n) is 2.27. The molecule has 1 aromatic rings. The molecule has 0 N–H and O–H groups in total. The first kappa shape index (κ1) is 13.6. The number of carbonyl (C=O) groups is 1. The Morgan fingerprint density at radius 3 is 2.78 bits per heavy atom. The molecule has 4 heteroatoms. The maximum Gasteiger partial charge on any atom is 0.151 e. The van der Waals surface area contributed by atoms with Gasteiger partial charge in [0.25, 0.3) is 0 Å². The highest BCUT2D eigenvalue weighted by atomic mass is 79.9. The molecule has 1 aliphatic heterocycles. The third-order valence-corrected chi connectivity index (χ3v) is 4.11. The minimum absolute atomic E-state index is 0.693. The fourth-order valence-corrected chi connectivity index (χ4v) is 2.73. The van der Waals surface area contributed by atoms with E-state index in [2.05, 4.69) is 27.9 Å². The van der Waals surface area contributed by atoms with Crippen molar-refractivity contribution in [1.82, 2.24) is 0 Å². The van der Waals surface area contributed by atoms with Gasteiger partial charge in [-0.3, -0.25) is 4.79 Å². The second kappa shape index (κ2) is 6.34. The van der Waals surface area contributed by atoms with Crippen LogP contribution < -0.4 is 4.90 Å². The molecule has 0 saturated carbocycles. The first-order valence-corrected chi connectivity index (χ1v) is 7.03. The summed E-state index contributed by atoms with van der Waals surface area (Å²) in [5.74, 6) is 0.702. The summed E-state index contributed by atoms with van der Waals surface area (Å²) in [6, 6.07) is 5.85. The number of aldehydes is 1. The van der Waals surface area contributed by atoms with E-state index in [1.807, 2.05) is 18.2 Å². The molecule has 0 unspecified atom stereocenters. The van der Waals surface area contributed by atoms with Crippen LogP contribution in [0, 0.1) is 5.92 Å². The highest BCUT2D eigenvalue weighted by Crippen LogP contribution is 2.24. The molecule has 1 heterocycles. The van der Waals surface area contributed by atoms with Crippen LogP contribution in [0.2, 0.25) is 0 Å². The van der Waals surface area contributed by atoms with Crippen molar-refractivity contribution in [3.8, 4) is 0 Å².